The lowest BCUT2D eigenvalue weighted by Crippen LogP contribution is -2.04. The molecule has 0 radical (unpaired) electrons. The zero-order chi connectivity index (χ0) is 18.7. The van der Waals surface area contributed by atoms with E-state index >= 15 is 0 Å². The van der Waals surface area contributed by atoms with Crippen LogP contribution in [0.25, 0.3) is 10.9 Å². The smallest absolute Gasteiger partial charge is 0.221 e. The molecular weight excluding hydrogens is 348 g/mol. The predicted octanol–water partition coefficient (Wildman–Crippen LogP) is 5.42. The Morgan fingerprint density at radius 1 is 1.19 bits per heavy atom. The topological polar surface area (TPSA) is 71.1 Å². The Morgan fingerprint density at radius 2 is 1.96 bits per heavy atom. The summed E-state index contributed by atoms with van der Waals surface area (Å²) in [4.78, 5) is 0. The van der Waals surface area contributed by atoms with Crippen molar-refractivity contribution in [3.63, 3.8) is 0 Å². The number of nitrogens with zero attached hydrogens (tertiary/aromatic N) is 3. The standard InChI is InChI=1S/C19H20N4O2S/c1-12(2)23-16-10-5-4-9-15(16)17(18(23)24)21-22-19(26)20-13-7-6-8-14(11-13)25-3/h4-12,24H,1-3H3,(H,20,26). The molecular formula is C19H20N4O2S. The quantitative estimate of drug-likeness (QED) is 0.477. The molecule has 0 bridgehead atoms. The van der Waals surface area contributed by atoms with Crippen LogP contribution in [0.3, 0.4) is 0 Å². The molecule has 0 aliphatic rings. The minimum absolute atomic E-state index is 0.0779. The molecule has 0 aliphatic carbocycles. The zero-order valence-corrected chi connectivity index (χ0v) is 15.6. The maximum Gasteiger partial charge on any atom is 0.221 e. The summed E-state index contributed by atoms with van der Waals surface area (Å²) in [7, 11) is 1.60. The molecule has 0 spiro atoms. The molecule has 1 aromatic heterocycles. The van der Waals surface area contributed by atoms with Gasteiger partial charge in [-0.2, -0.15) is 0 Å². The Bertz CT molecular complexity index is 979. The van der Waals surface area contributed by atoms with Gasteiger partial charge in [0.05, 0.1) is 12.6 Å². The van der Waals surface area contributed by atoms with Gasteiger partial charge in [0.2, 0.25) is 11.0 Å². The monoisotopic (exact) mass is 368 g/mol. The van der Waals surface area contributed by atoms with Crippen LogP contribution in [0.1, 0.15) is 19.9 Å². The highest BCUT2D eigenvalue weighted by molar-refractivity contribution is 7.80. The lowest BCUT2D eigenvalue weighted by molar-refractivity contribution is 0.407. The number of rotatable bonds is 4. The molecule has 1 heterocycles. The number of thiocarbonyl (C=S) groups is 1. The zero-order valence-electron chi connectivity index (χ0n) is 14.8. The van der Waals surface area contributed by atoms with E-state index in [9.17, 15) is 5.11 Å². The third-order valence-electron chi connectivity index (χ3n) is 3.94. The Morgan fingerprint density at radius 3 is 2.69 bits per heavy atom. The van der Waals surface area contributed by atoms with Crippen LogP contribution >= 0.6 is 12.2 Å². The number of benzene rings is 2. The molecule has 134 valence electrons. The van der Waals surface area contributed by atoms with Crippen LogP contribution in [-0.4, -0.2) is 21.9 Å². The second-order valence-corrected chi connectivity index (χ2v) is 6.40. The number of para-hydroxylation sites is 1. The van der Waals surface area contributed by atoms with Gasteiger partial charge in [-0.3, -0.25) is 0 Å². The molecule has 0 atom stereocenters. The van der Waals surface area contributed by atoms with E-state index in [-0.39, 0.29) is 17.0 Å². The molecule has 0 aliphatic heterocycles. The Balaban J connectivity index is 1.88. The van der Waals surface area contributed by atoms with Crippen LogP contribution in [0.4, 0.5) is 11.4 Å². The second-order valence-electron chi connectivity index (χ2n) is 6.02. The highest BCUT2D eigenvalue weighted by atomic mass is 32.1. The van der Waals surface area contributed by atoms with Crippen molar-refractivity contribution >= 4 is 39.6 Å². The molecule has 26 heavy (non-hydrogen) atoms. The summed E-state index contributed by atoms with van der Waals surface area (Å²) in [6, 6.07) is 15.1. The van der Waals surface area contributed by atoms with Crippen molar-refractivity contribution < 1.29 is 9.84 Å². The summed E-state index contributed by atoms with van der Waals surface area (Å²) in [5.74, 6) is 0.793. The number of ether oxygens (including phenoxy) is 1. The summed E-state index contributed by atoms with van der Waals surface area (Å²) in [6.45, 7) is 4.00. The van der Waals surface area contributed by atoms with E-state index in [1.54, 1.807) is 7.11 Å². The fourth-order valence-electron chi connectivity index (χ4n) is 2.80. The van der Waals surface area contributed by atoms with Crippen molar-refractivity contribution in [1.29, 1.82) is 0 Å². The van der Waals surface area contributed by atoms with Gasteiger partial charge in [-0.1, -0.05) is 24.3 Å². The molecule has 6 nitrogen and oxygen atoms in total. The molecule has 2 aromatic carbocycles. The first-order valence-corrected chi connectivity index (χ1v) is 8.60. The fraction of sp³-hybridized carbons (Fsp3) is 0.211. The maximum atomic E-state index is 10.6. The minimum Gasteiger partial charge on any atom is -0.497 e. The Labute approximate surface area is 157 Å². The number of methoxy groups -OCH3 is 1. The van der Waals surface area contributed by atoms with Crippen LogP contribution in [0.15, 0.2) is 58.8 Å². The van der Waals surface area contributed by atoms with Crippen LogP contribution in [0, 0.1) is 0 Å². The van der Waals surface area contributed by atoms with Crippen molar-refractivity contribution in [3.05, 3.63) is 48.5 Å². The minimum atomic E-state index is 0.0779. The van der Waals surface area contributed by atoms with Crippen LogP contribution in [0.2, 0.25) is 0 Å². The number of anilines is 1. The van der Waals surface area contributed by atoms with E-state index in [0.29, 0.717) is 11.4 Å². The summed E-state index contributed by atoms with van der Waals surface area (Å²) in [5, 5.41) is 22.8. The normalized spacial score (nSPS) is 11.4. The summed E-state index contributed by atoms with van der Waals surface area (Å²) in [5.41, 5.74) is 2.06. The number of aromatic nitrogens is 1. The average Bonchev–Trinajstić information content (AvgIpc) is 2.91. The Hall–Kier alpha value is -2.93. The van der Waals surface area contributed by atoms with Crippen molar-refractivity contribution in [2.75, 3.05) is 12.4 Å². The van der Waals surface area contributed by atoms with E-state index in [2.05, 4.69) is 15.5 Å². The first-order valence-electron chi connectivity index (χ1n) is 8.20. The molecule has 7 heteroatoms. The highest BCUT2D eigenvalue weighted by Crippen LogP contribution is 2.40. The van der Waals surface area contributed by atoms with Crippen molar-refractivity contribution in [2.24, 2.45) is 10.2 Å². The molecule has 0 fully saturated rings. The number of azo groups is 1. The van der Waals surface area contributed by atoms with Gasteiger partial charge in [0.1, 0.15) is 5.75 Å². The van der Waals surface area contributed by atoms with Gasteiger partial charge >= 0.3 is 0 Å². The summed E-state index contributed by atoms with van der Waals surface area (Å²) >= 11 is 5.24. The summed E-state index contributed by atoms with van der Waals surface area (Å²) < 4.78 is 7.00. The Kier molecular flexibility index (Phi) is 5.18. The molecule has 0 saturated carbocycles. The second kappa shape index (κ2) is 7.53. The first kappa shape index (κ1) is 17.9. The molecule has 0 unspecified atom stereocenters. The van der Waals surface area contributed by atoms with Crippen LogP contribution in [0.5, 0.6) is 11.6 Å². The van der Waals surface area contributed by atoms with E-state index in [0.717, 1.165) is 16.6 Å². The molecule has 3 rings (SSSR count). The van der Waals surface area contributed by atoms with Gasteiger partial charge < -0.3 is 19.7 Å². The predicted molar refractivity (Wildman–Crippen MR) is 108 cm³/mol. The van der Waals surface area contributed by atoms with E-state index in [1.165, 1.54) is 0 Å². The number of hydrogen-bond acceptors (Lipinski definition) is 4. The summed E-state index contributed by atoms with van der Waals surface area (Å²) in [6.07, 6.45) is 0. The van der Waals surface area contributed by atoms with Crippen molar-refractivity contribution in [1.82, 2.24) is 4.57 Å². The lowest BCUT2D eigenvalue weighted by Gasteiger charge is -2.10. The number of fused-ring (bicyclic) bond motifs is 1. The van der Waals surface area contributed by atoms with Gasteiger partial charge in [0.15, 0.2) is 5.69 Å². The van der Waals surface area contributed by atoms with Gasteiger partial charge in [-0.25, -0.2) is 0 Å². The number of nitrogens with one attached hydrogen (secondary N) is 1. The molecule has 0 saturated heterocycles. The number of hydrogen-bond donors (Lipinski definition) is 2. The molecule has 0 amide bonds. The largest absolute Gasteiger partial charge is 0.497 e. The third kappa shape index (κ3) is 3.52. The van der Waals surface area contributed by atoms with E-state index < -0.39 is 0 Å². The van der Waals surface area contributed by atoms with Crippen LogP contribution < -0.4 is 10.1 Å². The third-order valence-corrected chi connectivity index (χ3v) is 4.12. The average molecular weight is 368 g/mol. The van der Waals surface area contributed by atoms with Gasteiger partial charge in [-0.15, -0.1) is 10.2 Å². The lowest BCUT2D eigenvalue weighted by atomic mass is 10.2. The first-order chi connectivity index (χ1) is 12.5. The van der Waals surface area contributed by atoms with Crippen LogP contribution in [-0.2, 0) is 0 Å². The SMILES string of the molecule is COc1cccc(NC(=S)N=Nc2c(O)n(C(C)C)c3ccccc23)c1. The van der Waals surface area contributed by atoms with Crippen molar-refractivity contribution in [3.8, 4) is 11.6 Å². The number of aromatic hydroxyl groups is 1. The van der Waals surface area contributed by atoms with Gasteiger partial charge in [0, 0.05) is 23.2 Å². The maximum absolute atomic E-state index is 10.6. The van der Waals surface area contributed by atoms with Crippen molar-refractivity contribution in [2.45, 2.75) is 19.9 Å². The fourth-order valence-corrected chi connectivity index (χ4v) is 2.96. The highest BCUT2D eigenvalue weighted by Gasteiger charge is 2.18. The van der Waals surface area contributed by atoms with E-state index in [4.69, 9.17) is 17.0 Å². The van der Waals surface area contributed by atoms with Gasteiger partial charge in [-0.05, 0) is 44.3 Å². The molecule has 2 N–H and O–H groups in total. The molecule has 3 aromatic rings. The van der Waals surface area contributed by atoms with E-state index in [1.807, 2.05) is 66.9 Å². The van der Waals surface area contributed by atoms with Gasteiger partial charge in [0.25, 0.3) is 0 Å².